The fraction of sp³-hybridized carbons (Fsp3) is 0.231. The van der Waals surface area contributed by atoms with Crippen molar-refractivity contribution in [1.82, 2.24) is 0 Å². The topological polar surface area (TPSA) is 139 Å². The molecule has 7 N–H and O–H groups in total. The molecule has 0 aliphatic carbocycles. The molecule has 0 heterocycles. The summed E-state index contributed by atoms with van der Waals surface area (Å²) in [4.78, 5) is 4.21. The molecule has 0 unspecified atom stereocenters. The molecule has 1 rings (SSSR count). The van der Waals surface area contributed by atoms with E-state index in [0.29, 0.717) is 5.71 Å². The molecule has 0 aromatic heterocycles. The van der Waals surface area contributed by atoms with E-state index < -0.39 is 0 Å². The van der Waals surface area contributed by atoms with Crippen LogP contribution in [0.25, 0.3) is 0 Å². The number of nitrogens with zero attached hydrogens (tertiary/aromatic N) is 3. The summed E-state index contributed by atoms with van der Waals surface area (Å²) >= 11 is 0. The third kappa shape index (κ3) is 7.61. The van der Waals surface area contributed by atoms with Crippen LogP contribution in [0.5, 0.6) is 0 Å². The predicted molar refractivity (Wildman–Crippen MR) is 98.0 cm³/mol. The van der Waals surface area contributed by atoms with Gasteiger partial charge in [-0.1, -0.05) is 24.3 Å². The van der Waals surface area contributed by atoms with Gasteiger partial charge < -0.3 is 17.2 Å². The van der Waals surface area contributed by atoms with Crippen LogP contribution in [0.3, 0.4) is 0 Å². The maximum Gasteiger partial charge on any atom is 0.211 e. The molecule has 0 spiro atoms. The Morgan fingerprint density at radius 3 is 1.77 bits per heavy atom. The molecular weight excluding hydrogens is 325 g/mol. The van der Waals surface area contributed by atoms with Crippen molar-refractivity contribution in [1.29, 1.82) is 5.41 Å². The Morgan fingerprint density at radius 1 is 0.909 bits per heavy atom. The number of hydrogen-bond acceptors (Lipinski definition) is 4. The number of benzene rings is 1. The van der Waals surface area contributed by atoms with Gasteiger partial charge in [0.05, 0.1) is 12.3 Å². The Morgan fingerprint density at radius 2 is 1.36 bits per heavy atom. The summed E-state index contributed by atoms with van der Waals surface area (Å²) in [6.07, 6.45) is 0. The van der Waals surface area contributed by atoms with Crippen molar-refractivity contribution >= 4 is 48.0 Å². The van der Waals surface area contributed by atoms with E-state index in [1.807, 2.05) is 38.1 Å². The van der Waals surface area contributed by atoms with Gasteiger partial charge in [-0.05, 0) is 25.0 Å². The van der Waals surface area contributed by atoms with Crippen LogP contribution in [-0.4, -0.2) is 29.8 Å². The Hall–Kier alpha value is -2.12. The second-order valence-electron chi connectivity index (χ2n) is 4.21. The third-order valence-electron chi connectivity index (χ3n) is 2.52. The molecule has 22 heavy (non-hydrogen) atoms. The molecule has 0 radical (unpaired) electrons. The molecule has 1 aromatic carbocycles. The van der Waals surface area contributed by atoms with Crippen LogP contribution in [-0.2, 0) is 0 Å². The monoisotopic (exact) mass is 345 g/mol. The zero-order valence-corrected chi connectivity index (χ0v) is 14.0. The number of hydrogen-bond donors (Lipinski definition) is 4. The number of amidine groups is 1. The summed E-state index contributed by atoms with van der Waals surface area (Å²) in [6.45, 7) is 3.90. The van der Waals surface area contributed by atoms with Crippen LogP contribution in [0.1, 0.15) is 25.0 Å². The fourth-order valence-electron chi connectivity index (χ4n) is 1.44. The molecule has 0 aliphatic heterocycles. The third-order valence-corrected chi connectivity index (χ3v) is 2.52. The van der Waals surface area contributed by atoms with Crippen molar-refractivity contribution in [2.75, 3.05) is 6.54 Å². The summed E-state index contributed by atoms with van der Waals surface area (Å²) < 4.78 is 0. The second-order valence-corrected chi connectivity index (χ2v) is 4.21. The van der Waals surface area contributed by atoms with Crippen LogP contribution >= 0.6 is 24.8 Å². The molecule has 0 atom stereocenters. The molecular formula is C13H21Cl2N7. The van der Waals surface area contributed by atoms with Gasteiger partial charge in [0.1, 0.15) is 5.84 Å². The van der Waals surface area contributed by atoms with E-state index in [1.54, 1.807) is 0 Å². The predicted octanol–water partition coefficient (Wildman–Crippen LogP) is 1.27. The van der Waals surface area contributed by atoms with Gasteiger partial charge in [-0.3, -0.25) is 10.4 Å². The Balaban J connectivity index is 0. The van der Waals surface area contributed by atoms with E-state index in [1.165, 1.54) is 0 Å². The summed E-state index contributed by atoms with van der Waals surface area (Å²) in [5.41, 5.74) is 19.1. The van der Waals surface area contributed by atoms with E-state index in [2.05, 4.69) is 15.2 Å². The first kappa shape index (κ1) is 22.2. The first-order valence-corrected chi connectivity index (χ1v) is 5.98. The summed E-state index contributed by atoms with van der Waals surface area (Å²) in [5.74, 6) is -0.0330. The Bertz CT molecular complexity index is 573. The lowest BCUT2D eigenvalue weighted by atomic mass is 10.1. The van der Waals surface area contributed by atoms with Gasteiger partial charge in [0.15, 0.2) is 0 Å². The van der Waals surface area contributed by atoms with Crippen LogP contribution in [0, 0.1) is 5.41 Å². The number of aliphatic imine (C=N–C) groups is 1. The minimum absolute atomic E-state index is 0. The standard InChI is InChI=1S/C13H19N7.2ClH/c1-8(18-7-12(14)15)10-3-5-11(6-4-10)9(2)19-20-13(16)17;;/h3-6H,7H2,1-2H3,(H3,14,15)(H4,16,17,20);2*1H/b18-8?,19-9+;;. The minimum Gasteiger partial charge on any atom is -0.386 e. The molecule has 7 nitrogen and oxygen atoms in total. The van der Waals surface area contributed by atoms with E-state index in [9.17, 15) is 0 Å². The zero-order chi connectivity index (χ0) is 15.1. The highest BCUT2D eigenvalue weighted by molar-refractivity contribution is 6.02. The van der Waals surface area contributed by atoms with Crippen LogP contribution < -0.4 is 17.2 Å². The average molecular weight is 346 g/mol. The Labute approximate surface area is 142 Å². The van der Waals surface area contributed by atoms with Gasteiger partial charge >= 0.3 is 0 Å². The summed E-state index contributed by atoms with van der Waals surface area (Å²) in [6, 6.07) is 7.65. The summed E-state index contributed by atoms with van der Waals surface area (Å²) in [7, 11) is 0. The quantitative estimate of drug-likeness (QED) is 0.363. The summed E-state index contributed by atoms with van der Waals surface area (Å²) in [5, 5.41) is 14.7. The van der Waals surface area contributed by atoms with Crippen LogP contribution in [0.15, 0.2) is 39.5 Å². The molecule has 1 aromatic rings. The number of halogens is 2. The normalized spacial score (nSPS) is 11.0. The van der Waals surface area contributed by atoms with Gasteiger partial charge in [0.25, 0.3) is 0 Å². The first-order valence-electron chi connectivity index (χ1n) is 5.98. The van der Waals surface area contributed by atoms with Gasteiger partial charge in [-0.15, -0.1) is 29.9 Å². The lowest BCUT2D eigenvalue weighted by Crippen LogP contribution is -2.22. The van der Waals surface area contributed by atoms with Gasteiger partial charge in [0, 0.05) is 5.71 Å². The van der Waals surface area contributed by atoms with Gasteiger partial charge in [-0.25, -0.2) is 0 Å². The number of guanidine groups is 1. The van der Waals surface area contributed by atoms with Crippen molar-refractivity contribution in [3.05, 3.63) is 35.4 Å². The molecule has 0 bridgehead atoms. The van der Waals surface area contributed by atoms with Crippen LogP contribution in [0.2, 0.25) is 0 Å². The highest BCUT2D eigenvalue weighted by Gasteiger charge is 2.01. The molecule has 0 fully saturated rings. The van der Waals surface area contributed by atoms with Crippen molar-refractivity contribution in [3.63, 3.8) is 0 Å². The van der Waals surface area contributed by atoms with Crippen molar-refractivity contribution in [2.45, 2.75) is 13.8 Å². The van der Waals surface area contributed by atoms with Crippen molar-refractivity contribution in [3.8, 4) is 0 Å². The van der Waals surface area contributed by atoms with Gasteiger partial charge in [-0.2, -0.15) is 5.10 Å². The van der Waals surface area contributed by atoms with E-state index in [-0.39, 0.29) is 43.2 Å². The maximum atomic E-state index is 7.14. The van der Waals surface area contributed by atoms with E-state index in [0.717, 1.165) is 16.8 Å². The maximum absolute atomic E-state index is 7.14. The molecule has 0 aliphatic rings. The minimum atomic E-state index is -0.0758. The largest absolute Gasteiger partial charge is 0.386 e. The highest BCUT2D eigenvalue weighted by atomic mass is 35.5. The fourth-order valence-corrected chi connectivity index (χ4v) is 1.44. The van der Waals surface area contributed by atoms with Crippen molar-refractivity contribution < 1.29 is 0 Å². The molecule has 0 amide bonds. The van der Waals surface area contributed by atoms with Crippen molar-refractivity contribution in [2.24, 2.45) is 32.4 Å². The number of nitrogens with one attached hydrogen (secondary N) is 1. The first-order chi connectivity index (χ1) is 9.40. The molecule has 0 saturated heterocycles. The Kier molecular flexibility index (Phi) is 10.7. The zero-order valence-electron chi connectivity index (χ0n) is 12.4. The average Bonchev–Trinajstić information content (AvgIpc) is 2.42. The number of rotatable bonds is 5. The lowest BCUT2D eigenvalue weighted by molar-refractivity contribution is 1.19. The van der Waals surface area contributed by atoms with E-state index in [4.69, 9.17) is 22.6 Å². The highest BCUT2D eigenvalue weighted by Crippen LogP contribution is 2.07. The second kappa shape index (κ2) is 10.6. The van der Waals surface area contributed by atoms with Gasteiger partial charge in [0.2, 0.25) is 5.96 Å². The SMILES string of the molecule is CC(=NCC(=N)N)c1ccc(/C(C)=N/N=C(N)N)cc1.Cl.Cl. The van der Waals surface area contributed by atoms with Crippen LogP contribution in [0.4, 0.5) is 0 Å². The lowest BCUT2D eigenvalue weighted by Gasteiger charge is -2.03. The number of nitrogens with two attached hydrogens (primary N) is 3. The van der Waals surface area contributed by atoms with E-state index >= 15 is 0 Å². The molecule has 9 heteroatoms. The molecule has 122 valence electrons. The smallest absolute Gasteiger partial charge is 0.211 e. The molecule has 0 saturated carbocycles.